The van der Waals surface area contributed by atoms with Crippen LogP contribution in [0.5, 0.6) is 5.75 Å². The summed E-state index contributed by atoms with van der Waals surface area (Å²) in [5, 5.41) is 1.98. The average molecular weight is 260 g/mol. The van der Waals surface area contributed by atoms with Crippen LogP contribution in [0.1, 0.15) is 27.7 Å². The van der Waals surface area contributed by atoms with Gasteiger partial charge in [-0.2, -0.15) is 0 Å². The van der Waals surface area contributed by atoms with Crippen molar-refractivity contribution in [1.29, 1.82) is 0 Å². The highest BCUT2D eigenvalue weighted by Crippen LogP contribution is 2.44. The van der Waals surface area contributed by atoms with E-state index in [0.717, 1.165) is 16.2 Å². The zero-order chi connectivity index (χ0) is 12.8. The number of carbonyl (C=O) groups excluding carboxylic acids is 1. The van der Waals surface area contributed by atoms with E-state index in [1.807, 2.05) is 30.5 Å². The lowest BCUT2D eigenvalue weighted by molar-refractivity contribution is 0.0192. The Bertz CT molecular complexity index is 604. The van der Waals surface area contributed by atoms with Crippen molar-refractivity contribution in [2.75, 3.05) is 7.11 Å². The SMILES string of the molecule is COc1ccc2c(c1)C(C)(c1cccs1)OC2=O. The molecule has 2 aromatic rings. The number of esters is 1. The fourth-order valence-corrected chi connectivity index (χ4v) is 3.09. The predicted molar refractivity (Wildman–Crippen MR) is 69.2 cm³/mol. The van der Waals surface area contributed by atoms with Crippen molar-refractivity contribution in [1.82, 2.24) is 0 Å². The summed E-state index contributed by atoms with van der Waals surface area (Å²) < 4.78 is 10.8. The highest BCUT2D eigenvalue weighted by Gasteiger charge is 2.44. The minimum Gasteiger partial charge on any atom is -0.497 e. The normalized spacial score (nSPS) is 21.6. The molecule has 1 aromatic heterocycles. The quantitative estimate of drug-likeness (QED) is 0.778. The Morgan fingerprint density at radius 2 is 2.17 bits per heavy atom. The topological polar surface area (TPSA) is 35.5 Å². The summed E-state index contributed by atoms with van der Waals surface area (Å²) in [6.07, 6.45) is 0. The van der Waals surface area contributed by atoms with Crippen LogP contribution in [0.2, 0.25) is 0 Å². The molecule has 0 saturated heterocycles. The molecule has 0 spiro atoms. The van der Waals surface area contributed by atoms with Gasteiger partial charge >= 0.3 is 5.97 Å². The number of fused-ring (bicyclic) bond motifs is 1. The molecular formula is C14H12O3S. The zero-order valence-corrected chi connectivity index (χ0v) is 10.9. The van der Waals surface area contributed by atoms with E-state index in [1.165, 1.54) is 0 Å². The maximum atomic E-state index is 11.9. The lowest BCUT2D eigenvalue weighted by Gasteiger charge is -2.22. The van der Waals surface area contributed by atoms with Gasteiger partial charge in [-0.15, -0.1) is 11.3 Å². The molecule has 0 fully saturated rings. The third-order valence-electron chi connectivity index (χ3n) is 3.25. The summed E-state index contributed by atoms with van der Waals surface area (Å²) in [5.41, 5.74) is 0.788. The molecule has 18 heavy (non-hydrogen) atoms. The van der Waals surface area contributed by atoms with Gasteiger partial charge < -0.3 is 9.47 Å². The van der Waals surface area contributed by atoms with E-state index in [0.29, 0.717) is 5.56 Å². The van der Waals surface area contributed by atoms with Crippen molar-refractivity contribution in [3.63, 3.8) is 0 Å². The fraction of sp³-hybridized carbons (Fsp3) is 0.214. The molecule has 0 amide bonds. The maximum absolute atomic E-state index is 11.9. The molecule has 0 N–H and O–H groups in total. The summed E-state index contributed by atoms with van der Waals surface area (Å²) >= 11 is 1.58. The number of methoxy groups -OCH3 is 1. The van der Waals surface area contributed by atoms with Crippen molar-refractivity contribution >= 4 is 17.3 Å². The van der Waals surface area contributed by atoms with Gasteiger partial charge in [0, 0.05) is 5.56 Å². The number of rotatable bonds is 2. The lowest BCUT2D eigenvalue weighted by atomic mass is 9.92. The second kappa shape index (κ2) is 3.85. The lowest BCUT2D eigenvalue weighted by Crippen LogP contribution is -2.21. The largest absolute Gasteiger partial charge is 0.497 e. The smallest absolute Gasteiger partial charge is 0.339 e. The van der Waals surface area contributed by atoms with Crippen LogP contribution in [0.15, 0.2) is 35.7 Å². The van der Waals surface area contributed by atoms with E-state index in [9.17, 15) is 4.79 Å². The Hall–Kier alpha value is -1.81. The molecule has 1 aliphatic rings. The van der Waals surface area contributed by atoms with Gasteiger partial charge in [-0.05, 0) is 36.6 Å². The van der Waals surface area contributed by atoms with Gasteiger partial charge in [0.2, 0.25) is 0 Å². The second-order valence-corrected chi connectivity index (χ2v) is 5.26. The number of cyclic esters (lactones) is 1. The van der Waals surface area contributed by atoms with Gasteiger partial charge in [0.25, 0.3) is 0 Å². The van der Waals surface area contributed by atoms with Gasteiger partial charge in [0.15, 0.2) is 5.60 Å². The summed E-state index contributed by atoms with van der Waals surface area (Å²) in [6, 6.07) is 9.35. The minimum absolute atomic E-state index is 0.274. The summed E-state index contributed by atoms with van der Waals surface area (Å²) in [5.74, 6) is 0.457. The van der Waals surface area contributed by atoms with E-state index < -0.39 is 5.60 Å². The van der Waals surface area contributed by atoms with Crippen molar-refractivity contribution in [2.24, 2.45) is 0 Å². The Kier molecular flexibility index (Phi) is 2.41. The Morgan fingerprint density at radius 3 is 2.83 bits per heavy atom. The molecule has 1 aromatic carbocycles. The number of benzene rings is 1. The number of thiophene rings is 1. The molecule has 1 aliphatic heterocycles. The standard InChI is InChI=1S/C14H12O3S/c1-14(12-4-3-7-18-12)11-8-9(16-2)5-6-10(11)13(15)17-14/h3-8H,1-2H3. The average Bonchev–Trinajstić information content (AvgIpc) is 2.98. The third-order valence-corrected chi connectivity index (χ3v) is 4.32. The first-order chi connectivity index (χ1) is 8.65. The van der Waals surface area contributed by atoms with Crippen molar-refractivity contribution < 1.29 is 14.3 Å². The van der Waals surface area contributed by atoms with E-state index in [4.69, 9.17) is 9.47 Å². The molecule has 1 unspecified atom stereocenters. The zero-order valence-electron chi connectivity index (χ0n) is 10.1. The second-order valence-electron chi connectivity index (χ2n) is 4.31. The number of ether oxygens (including phenoxy) is 2. The van der Waals surface area contributed by atoms with Gasteiger partial charge in [-0.1, -0.05) is 6.07 Å². The van der Waals surface area contributed by atoms with Gasteiger partial charge in [-0.3, -0.25) is 0 Å². The van der Waals surface area contributed by atoms with E-state index in [1.54, 1.807) is 30.6 Å². The Morgan fingerprint density at radius 1 is 1.33 bits per heavy atom. The highest BCUT2D eigenvalue weighted by molar-refractivity contribution is 7.10. The molecule has 4 heteroatoms. The van der Waals surface area contributed by atoms with Gasteiger partial charge in [0.1, 0.15) is 5.75 Å². The molecule has 0 saturated carbocycles. The monoisotopic (exact) mass is 260 g/mol. The predicted octanol–water partition coefficient (Wildman–Crippen LogP) is 3.19. The first-order valence-electron chi connectivity index (χ1n) is 5.61. The van der Waals surface area contributed by atoms with Crippen LogP contribution in [0.4, 0.5) is 0 Å². The molecular weight excluding hydrogens is 248 g/mol. The van der Waals surface area contributed by atoms with E-state index >= 15 is 0 Å². The van der Waals surface area contributed by atoms with Crippen LogP contribution in [0.3, 0.4) is 0 Å². The van der Waals surface area contributed by atoms with E-state index in [-0.39, 0.29) is 5.97 Å². The number of carbonyl (C=O) groups is 1. The molecule has 0 bridgehead atoms. The van der Waals surface area contributed by atoms with Crippen LogP contribution >= 0.6 is 11.3 Å². The number of hydrogen-bond donors (Lipinski definition) is 0. The van der Waals surface area contributed by atoms with Crippen LogP contribution in [-0.2, 0) is 10.3 Å². The third kappa shape index (κ3) is 1.46. The minimum atomic E-state index is -0.699. The highest BCUT2D eigenvalue weighted by atomic mass is 32.1. The molecule has 3 rings (SSSR count). The molecule has 2 heterocycles. The summed E-state index contributed by atoms with van der Waals surface area (Å²) in [4.78, 5) is 12.9. The summed E-state index contributed by atoms with van der Waals surface area (Å²) in [7, 11) is 1.61. The van der Waals surface area contributed by atoms with Crippen molar-refractivity contribution in [3.05, 3.63) is 51.7 Å². The van der Waals surface area contributed by atoms with Gasteiger partial charge in [-0.25, -0.2) is 4.79 Å². The maximum Gasteiger partial charge on any atom is 0.339 e. The van der Waals surface area contributed by atoms with Crippen molar-refractivity contribution in [3.8, 4) is 5.75 Å². The van der Waals surface area contributed by atoms with Gasteiger partial charge in [0.05, 0.1) is 17.6 Å². The molecule has 92 valence electrons. The van der Waals surface area contributed by atoms with Crippen LogP contribution in [0.25, 0.3) is 0 Å². The molecule has 3 nitrogen and oxygen atoms in total. The Labute approximate surface area is 109 Å². The van der Waals surface area contributed by atoms with E-state index in [2.05, 4.69) is 0 Å². The van der Waals surface area contributed by atoms with Crippen LogP contribution < -0.4 is 4.74 Å². The first kappa shape index (κ1) is 11.3. The fourth-order valence-electron chi connectivity index (χ4n) is 2.25. The number of hydrogen-bond acceptors (Lipinski definition) is 4. The van der Waals surface area contributed by atoms with Crippen LogP contribution in [0, 0.1) is 0 Å². The molecule has 0 radical (unpaired) electrons. The Balaban J connectivity index is 2.21. The first-order valence-corrected chi connectivity index (χ1v) is 6.49. The molecule has 0 aliphatic carbocycles. The van der Waals surface area contributed by atoms with Crippen molar-refractivity contribution in [2.45, 2.75) is 12.5 Å². The molecule has 1 atom stereocenters. The van der Waals surface area contributed by atoms with Crippen LogP contribution in [-0.4, -0.2) is 13.1 Å². The summed E-state index contributed by atoms with van der Waals surface area (Å²) in [6.45, 7) is 1.92.